The Hall–Kier alpha value is -1.89. The van der Waals surface area contributed by atoms with E-state index in [1.54, 1.807) is 15.9 Å². The molecule has 0 saturated carbocycles. The molecular formula is C8H9N5O2. The Kier molecular flexibility index (Phi) is 1.57. The zero-order valence-corrected chi connectivity index (χ0v) is 7.82. The molecule has 15 heavy (non-hydrogen) atoms. The van der Waals surface area contributed by atoms with Crippen molar-refractivity contribution < 1.29 is 10.0 Å². The van der Waals surface area contributed by atoms with Crippen LogP contribution >= 0.6 is 0 Å². The van der Waals surface area contributed by atoms with Crippen LogP contribution in [0.3, 0.4) is 0 Å². The van der Waals surface area contributed by atoms with E-state index in [1.165, 1.54) is 6.33 Å². The summed E-state index contributed by atoms with van der Waals surface area (Å²) in [5.74, 6) is 0. The number of hydrogen-bond acceptors (Lipinski definition) is 4. The van der Waals surface area contributed by atoms with Gasteiger partial charge >= 0.3 is 6.03 Å². The van der Waals surface area contributed by atoms with Gasteiger partial charge in [-0.05, 0) is 6.08 Å². The molecule has 1 unspecified atom stereocenters. The molecule has 3 heterocycles. The van der Waals surface area contributed by atoms with E-state index in [0.717, 1.165) is 10.8 Å². The molecule has 1 N–H and O–H groups in total. The first-order valence-corrected chi connectivity index (χ1v) is 4.58. The van der Waals surface area contributed by atoms with Crippen molar-refractivity contribution >= 4 is 11.7 Å². The monoisotopic (exact) mass is 207 g/mol. The summed E-state index contributed by atoms with van der Waals surface area (Å²) in [5.41, 5.74) is 0.855. The molecule has 0 radical (unpaired) electrons. The summed E-state index contributed by atoms with van der Waals surface area (Å²) in [6.07, 6.45) is 4.84. The standard InChI is InChI=1S/C8H9N5O2/c14-8-11-2-6(12-5-9-4-10-12)1-7(3-11)13(8)15/h1,4-5,7,15H,2-3H2. The second-order valence-corrected chi connectivity index (χ2v) is 3.57. The van der Waals surface area contributed by atoms with Crippen molar-refractivity contribution in [2.75, 3.05) is 13.1 Å². The number of aromatic nitrogens is 3. The molecule has 78 valence electrons. The lowest BCUT2D eigenvalue weighted by atomic mass is 10.2. The van der Waals surface area contributed by atoms with Gasteiger partial charge < -0.3 is 4.90 Å². The molecule has 2 aliphatic rings. The van der Waals surface area contributed by atoms with Crippen molar-refractivity contribution in [3.8, 4) is 0 Å². The van der Waals surface area contributed by atoms with Crippen LogP contribution in [0.25, 0.3) is 5.70 Å². The largest absolute Gasteiger partial charge is 0.344 e. The van der Waals surface area contributed by atoms with E-state index in [1.807, 2.05) is 6.08 Å². The Labute approximate surface area is 85.2 Å². The Morgan fingerprint density at radius 3 is 3.07 bits per heavy atom. The molecule has 0 aromatic carbocycles. The number of amides is 2. The SMILES string of the molecule is O=C1N2CC(n3cncn3)=CC(C2)N1O. The van der Waals surface area contributed by atoms with Gasteiger partial charge in [0.25, 0.3) is 0 Å². The molecule has 1 saturated heterocycles. The van der Waals surface area contributed by atoms with Gasteiger partial charge in [0.05, 0.1) is 18.3 Å². The van der Waals surface area contributed by atoms with Crippen molar-refractivity contribution in [1.29, 1.82) is 0 Å². The molecule has 1 aromatic heterocycles. The quantitative estimate of drug-likeness (QED) is 0.637. The molecule has 0 spiro atoms. The van der Waals surface area contributed by atoms with Gasteiger partial charge in [-0.25, -0.2) is 14.5 Å². The lowest BCUT2D eigenvalue weighted by Gasteiger charge is -2.20. The maximum Gasteiger partial charge on any atom is 0.344 e. The average molecular weight is 207 g/mol. The summed E-state index contributed by atoms with van der Waals surface area (Å²) in [6, 6.07) is -0.628. The van der Waals surface area contributed by atoms with Crippen molar-refractivity contribution in [2.24, 2.45) is 0 Å². The molecule has 7 nitrogen and oxygen atoms in total. The average Bonchev–Trinajstić information content (AvgIpc) is 2.84. The van der Waals surface area contributed by atoms with Crippen LogP contribution in [0.2, 0.25) is 0 Å². The Bertz CT molecular complexity index is 426. The fourth-order valence-corrected chi connectivity index (χ4v) is 1.90. The number of hydroxylamine groups is 2. The predicted octanol–water partition coefficient (Wildman–Crippen LogP) is -0.372. The summed E-state index contributed by atoms with van der Waals surface area (Å²) in [7, 11) is 0. The van der Waals surface area contributed by atoms with E-state index < -0.39 is 0 Å². The highest BCUT2D eigenvalue weighted by molar-refractivity contribution is 5.79. The van der Waals surface area contributed by atoms with Crippen molar-refractivity contribution in [2.45, 2.75) is 6.04 Å². The predicted molar refractivity (Wildman–Crippen MR) is 48.7 cm³/mol. The van der Waals surface area contributed by atoms with E-state index in [-0.39, 0.29) is 12.1 Å². The topological polar surface area (TPSA) is 74.5 Å². The number of carbonyl (C=O) groups is 1. The molecule has 1 atom stereocenters. The van der Waals surface area contributed by atoms with Crippen molar-refractivity contribution in [1.82, 2.24) is 24.7 Å². The number of rotatable bonds is 1. The fourth-order valence-electron chi connectivity index (χ4n) is 1.90. The van der Waals surface area contributed by atoms with Crippen LogP contribution in [-0.4, -0.2) is 55.1 Å². The maximum absolute atomic E-state index is 11.4. The third-order valence-corrected chi connectivity index (χ3v) is 2.64. The van der Waals surface area contributed by atoms with Crippen LogP contribution in [0.5, 0.6) is 0 Å². The molecular weight excluding hydrogens is 198 g/mol. The first-order chi connectivity index (χ1) is 7.25. The summed E-state index contributed by atoms with van der Waals surface area (Å²) in [6.45, 7) is 0.989. The van der Waals surface area contributed by atoms with Gasteiger partial charge in [-0.15, -0.1) is 0 Å². The van der Waals surface area contributed by atoms with Crippen LogP contribution in [-0.2, 0) is 0 Å². The van der Waals surface area contributed by atoms with Crippen molar-refractivity contribution in [3.05, 3.63) is 18.7 Å². The molecule has 7 heteroatoms. The summed E-state index contributed by atoms with van der Waals surface area (Å²) in [4.78, 5) is 16.8. The van der Waals surface area contributed by atoms with Gasteiger partial charge in [0.2, 0.25) is 0 Å². The van der Waals surface area contributed by atoms with Gasteiger partial charge in [0.15, 0.2) is 0 Å². The first kappa shape index (κ1) is 8.42. The van der Waals surface area contributed by atoms with E-state index in [9.17, 15) is 10.0 Å². The van der Waals surface area contributed by atoms with Crippen LogP contribution in [0, 0.1) is 0 Å². The molecule has 3 rings (SSSR count). The van der Waals surface area contributed by atoms with E-state index >= 15 is 0 Å². The number of fused-ring (bicyclic) bond motifs is 2. The highest BCUT2D eigenvalue weighted by Crippen LogP contribution is 2.24. The minimum absolute atomic E-state index is 0.273. The number of nitrogens with zero attached hydrogens (tertiary/aromatic N) is 5. The highest BCUT2D eigenvalue weighted by atomic mass is 16.5. The third-order valence-electron chi connectivity index (χ3n) is 2.64. The van der Waals surface area contributed by atoms with Crippen LogP contribution in [0.15, 0.2) is 18.7 Å². The minimum atomic E-state index is -0.355. The van der Waals surface area contributed by atoms with E-state index in [4.69, 9.17) is 0 Å². The second kappa shape index (κ2) is 2.80. The van der Waals surface area contributed by atoms with Gasteiger partial charge in [0.1, 0.15) is 12.7 Å². The number of carbonyl (C=O) groups excluding carboxylic acids is 1. The lowest BCUT2D eigenvalue weighted by molar-refractivity contribution is -0.0450. The summed E-state index contributed by atoms with van der Waals surface area (Å²) in [5, 5.41) is 14.2. The first-order valence-electron chi connectivity index (χ1n) is 4.58. The number of hydrogen-bond donors (Lipinski definition) is 1. The highest BCUT2D eigenvalue weighted by Gasteiger charge is 2.39. The van der Waals surface area contributed by atoms with Crippen molar-refractivity contribution in [3.63, 3.8) is 0 Å². The van der Waals surface area contributed by atoms with Crippen LogP contribution in [0.4, 0.5) is 4.79 Å². The summed E-state index contributed by atoms with van der Waals surface area (Å²) < 4.78 is 1.60. The molecule has 2 aliphatic heterocycles. The normalized spacial score (nSPS) is 24.7. The molecule has 2 amide bonds. The van der Waals surface area contributed by atoms with Crippen LogP contribution in [0.1, 0.15) is 0 Å². The van der Waals surface area contributed by atoms with Gasteiger partial charge in [-0.1, -0.05) is 0 Å². The van der Waals surface area contributed by atoms with Gasteiger partial charge in [-0.3, -0.25) is 5.21 Å². The molecule has 0 aliphatic carbocycles. The smallest absolute Gasteiger partial charge is 0.314 e. The summed E-state index contributed by atoms with van der Waals surface area (Å²) >= 11 is 0. The second-order valence-electron chi connectivity index (χ2n) is 3.57. The minimum Gasteiger partial charge on any atom is -0.314 e. The van der Waals surface area contributed by atoms with E-state index in [0.29, 0.717) is 13.1 Å². The Morgan fingerprint density at radius 1 is 1.53 bits per heavy atom. The molecule has 1 fully saturated rings. The van der Waals surface area contributed by atoms with Crippen LogP contribution < -0.4 is 0 Å². The number of urea groups is 1. The maximum atomic E-state index is 11.4. The Morgan fingerprint density at radius 2 is 2.40 bits per heavy atom. The lowest BCUT2D eigenvalue weighted by Crippen LogP contribution is -2.31. The zero-order valence-electron chi connectivity index (χ0n) is 7.82. The fraction of sp³-hybridized carbons (Fsp3) is 0.375. The zero-order chi connectivity index (χ0) is 10.4. The molecule has 1 aromatic rings. The van der Waals surface area contributed by atoms with Gasteiger partial charge in [0, 0.05) is 6.54 Å². The van der Waals surface area contributed by atoms with E-state index in [2.05, 4.69) is 10.1 Å². The molecule has 2 bridgehead atoms. The van der Waals surface area contributed by atoms with Gasteiger partial charge in [-0.2, -0.15) is 10.2 Å². The third kappa shape index (κ3) is 1.13. The Balaban J connectivity index is 1.96.